The smallest absolute Gasteiger partial charge is 0.255 e. The van der Waals surface area contributed by atoms with Crippen molar-refractivity contribution in [2.45, 2.75) is 25.9 Å². The summed E-state index contributed by atoms with van der Waals surface area (Å²) in [5.41, 5.74) is 4.08. The van der Waals surface area contributed by atoms with Gasteiger partial charge in [0.2, 0.25) is 0 Å². The zero-order valence-corrected chi connectivity index (χ0v) is 18.4. The van der Waals surface area contributed by atoms with Gasteiger partial charge in [0.15, 0.2) is 0 Å². The van der Waals surface area contributed by atoms with Crippen LogP contribution >= 0.6 is 0 Å². The summed E-state index contributed by atoms with van der Waals surface area (Å²) in [6.07, 6.45) is 2.31. The quantitative estimate of drug-likeness (QED) is 0.435. The van der Waals surface area contributed by atoms with E-state index in [-0.39, 0.29) is 18.5 Å². The first kappa shape index (κ1) is 21.3. The average molecular weight is 452 g/mol. The number of hydrogen-bond acceptors (Lipinski definition) is 2. The van der Waals surface area contributed by atoms with Gasteiger partial charge in [0.1, 0.15) is 18.3 Å². The van der Waals surface area contributed by atoms with E-state index in [1.54, 1.807) is 33.5 Å². The molecule has 1 aliphatic rings. The number of halogens is 3. The zero-order chi connectivity index (χ0) is 23.3. The fourth-order valence-electron chi connectivity index (χ4n) is 4.92. The minimum atomic E-state index is -0.645. The summed E-state index contributed by atoms with van der Waals surface area (Å²) in [7, 11) is 1.74. The van der Waals surface area contributed by atoms with E-state index in [0.717, 1.165) is 28.2 Å². The van der Waals surface area contributed by atoms with Crippen LogP contribution in [0.1, 0.15) is 34.6 Å². The molecule has 0 N–H and O–H groups in total. The molecule has 8 heteroatoms. The van der Waals surface area contributed by atoms with Crippen LogP contribution in [0.5, 0.6) is 0 Å². The van der Waals surface area contributed by atoms with Crippen molar-refractivity contribution in [2.75, 3.05) is 13.2 Å². The summed E-state index contributed by atoms with van der Waals surface area (Å²) in [4.78, 5) is 15.3. The van der Waals surface area contributed by atoms with Crippen molar-refractivity contribution in [1.29, 1.82) is 0 Å². The third-order valence-electron chi connectivity index (χ3n) is 6.41. The molecule has 0 bridgehead atoms. The fourth-order valence-corrected chi connectivity index (χ4v) is 4.92. The van der Waals surface area contributed by atoms with Crippen LogP contribution in [0.15, 0.2) is 48.7 Å². The number of nitrogens with zero attached hydrogens (tertiary/aromatic N) is 4. The van der Waals surface area contributed by atoms with E-state index in [2.05, 4.69) is 5.10 Å². The van der Waals surface area contributed by atoms with Crippen molar-refractivity contribution in [3.63, 3.8) is 0 Å². The summed E-state index contributed by atoms with van der Waals surface area (Å²) in [5.74, 6) is -1.41. The van der Waals surface area contributed by atoms with E-state index < -0.39 is 18.3 Å². The van der Waals surface area contributed by atoms with Gasteiger partial charge in [-0.15, -0.1) is 0 Å². The second-order valence-electron chi connectivity index (χ2n) is 8.36. The largest absolute Gasteiger partial charge is 0.345 e. The Balaban J connectivity index is 1.51. The first-order valence-corrected chi connectivity index (χ1v) is 10.9. The molecule has 1 atom stereocenters. The van der Waals surface area contributed by atoms with Gasteiger partial charge in [-0.05, 0) is 43.7 Å². The van der Waals surface area contributed by atoms with Crippen molar-refractivity contribution in [3.05, 3.63) is 77.1 Å². The molecule has 0 saturated carbocycles. The van der Waals surface area contributed by atoms with Gasteiger partial charge in [-0.25, -0.2) is 13.2 Å². The molecule has 1 aliphatic heterocycles. The Bertz CT molecular complexity index is 1350. The highest BCUT2D eigenvalue weighted by molar-refractivity contribution is 6.06. The SMILES string of the molecule is CC1c2nn(C)c(-c3cc(F)cc(F)c3)c2CCN1C(=O)c1cccc2c1ccn2CCF. The maximum Gasteiger partial charge on any atom is 0.255 e. The third-order valence-corrected chi connectivity index (χ3v) is 6.41. The number of amides is 1. The highest BCUT2D eigenvalue weighted by atomic mass is 19.1. The molecule has 0 saturated heterocycles. The van der Waals surface area contributed by atoms with Crippen LogP contribution < -0.4 is 0 Å². The van der Waals surface area contributed by atoms with Gasteiger partial charge in [0, 0.05) is 53.4 Å². The van der Waals surface area contributed by atoms with E-state index >= 15 is 0 Å². The lowest BCUT2D eigenvalue weighted by molar-refractivity contribution is 0.0675. The summed E-state index contributed by atoms with van der Waals surface area (Å²) < 4.78 is 44.0. The number of fused-ring (bicyclic) bond motifs is 2. The highest BCUT2D eigenvalue weighted by Crippen LogP contribution is 2.37. The number of carbonyl (C=O) groups is 1. The fraction of sp³-hybridized carbons (Fsp3) is 0.280. The normalized spacial score (nSPS) is 15.8. The number of aryl methyl sites for hydroxylation is 2. The van der Waals surface area contributed by atoms with Gasteiger partial charge in [-0.3, -0.25) is 9.48 Å². The number of hydrogen-bond donors (Lipinski definition) is 0. The second-order valence-corrected chi connectivity index (χ2v) is 8.36. The first-order valence-electron chi connectivity index (χ1n) is 10.9. The zero-order valence-electron chi connectivity index (χ0n) is 18.4. The first-order chi connectivity index (χ1) is 15.9. The molecule has 1 unspecified atom stereocenters. The number of carbonyl (C=O) groups excluding carboxylic acids is 1. The summed E-state index contributed by atoms with van der Waals surface area (Å²) in [6.45, 7) is 2.12. The molecule has 170 valence electrons. The Hall–Kier alpha value is -3.55. The molecule has 1 amide bonds. The van der Waals surface area contributed by atoms with Crippen LogP contribution in [0, 0.1) is 11.6 Å². The van der Waals surface area contributed by atoms with E-state index in [1.165, 1.54) is 12.1 Å². The monoisotopic (exact) mass is 452 g/mol. The summed E-state index contributed by atoms with van der Waals surface area (Å²) >= 11 is 0. The molecule has 4 aromatic rings. The topological polar surface area (TPSA) is 43.1 Å². The van der Waals surface area contributed by atoms with Gasteiger partial charge in [0.25, 0.3) is 5.91 Å². The molecular formula is C25H23F3N4O. The number of alkyl halides is 1. The number of benzene rings is 2. The molecule has 3 heterocycles. The summed E-state index contributed by atoms with van der Waals surface area (Å²) in [6, 6.07) is 10.4. The Morgan fingerprint density at radius 2 is 1.91 bits per heavy atom. The molecule has 5 rings (SSSR count). The third kappa shape index (κ3) is 3.50. The predicted molar refractivity (Wildman–Crippen MR) is 120 cm³/mol. The standard InChI is InChI=1S/C25H23F3N4O/c1-15-23-21(24(30(2)29-23)16-12-17(27)14-18(28)13-16)7-10-32(15)25(33)20-4-3-5-22-19(20)6-9-31(22)11-8-26/h3-6,9,12-15H,7-8,10-11H2,1-2H3. The molecule has 2 aromatic heterocycles. The Labute approximate surface area is 189 Å². The van der Waals surface area contributed by atoms with E-state index in [0.29, 0.717) is 29.8 Å². The molecule has 0 spiro atoms. The minimum Gasteiger partial charge on any atom is -0.345 e. The lowest BCUT2D eigenvalue weighted by Gasteiger charge is -2.33. The molecular weight excluding hydrogens is 429 g/mol. The van der Waals surface area contributed by atoms with Gasteiger partial charge in [-0.2, -0.15) is 5.10 Å². The molecule has 0 radical (unpaired) electrons. The van der Waals surface area contributed by atoms with Crippen molar-refractivity contribution >= 4 is 16.8 Å². The van der Waals surface area contributed by atoms with Crippen molar-refractivity contribution in [1.82, 2.24) is 19.2 Å². The maximum absolute atomic E-state index is 13.8. The second kappa shape index (κ2) is 8.10. The van der Waals surface area contributed by atoms with Gasteiger partial charge < -0.3 is 9.47 Å². The maximum atomic E-state index is 13.8. The van der Waals surface area contributed by atoms with Crippen LogP contribution in [0.2, 0.25) is 0 Å². The van der Waals surface area contributed by atoms with Crippen molar-refractivity contribution in [2.24, 2.45) is 7.05 Å². The molecule has 2 aromatic carbocycles. The average Bonchev–Trinajstić information content (AvgIpc) is 3.34. The van der Waals surface area contributed by atoms with Crippen molar-refractivity contribution < 1.29 is 18.0 Å². The minimum absolute atomic E-state index is 0.124. The van der Waals surface area contributed by atoms with Gasteiger partial charge in [-0.1, -0.05) is 6.07 Å². The predicted octanol–water partition coefficient (Wildman–Crippen LogP) is 5.05. The number of rotatable bonds is 4. The Kier molecular flexibility index (Phi) is 5.23. The van der Waals surface area contributed by atoms with Crippen LogP contribution in [0.4, 0.5) is 13.2 Å². The molecule has 5 nitrogen and oxygen atoms in total. The van der Waals surface area contributed by atoms with Gasteiger partial charge in [0.05, 0.1) is 24.0 Å². The lowest BCUT2D eigenvalue weighted by Crippen LogP contribution is -2.39. The van der Waals surface area contributed by atoms with E-state index in [4.69, 9.17) is 0 Å². The number of aromatic nitrogens is 3. The summed E-state index contributed by atoms with van der Waals surface area (Å²) in [5, 5.41) is 5.40. The molecule has 0 fully saturated rings. The lowest BCUT2D eigenvalue weighted by atomic mass is 9.94. The van der Waals surface area contributed by atoms with Crippen LogP contribution in [0.3, 0.4) is 0 Å². The van der Waals surface area contributed by atoms with E-state index in [1.807, 2.05) is 25.1 Å². The van der Waals surface area contributed by atoms with Crippen LogP contribution in [-0.2, 0) is 20.0 Å². The molecule has 0 aliphatic carbocycles. The molecule has 33 heavy (non-hydrogen) atoms. The Morgan fingerprint density at radius 1 is 1.15 bits per heavy atom. The van der Waals surface area contributed by atoms with Crippen molar-refractivity contribution in [3.8, 4) is 11.3 Å². The van der Waals surface area contributed by atoms with E-state index in [9.17, 15) is 18.0 Å². The highest BCUT2D eigenvalue weighted by Gasteiger charge is 2.34. The van der Waals surface area contributed by atoms with Gasteiger partial charge >= 0.3 is 0 Å². The van der Waals surface area contributed by atoms with Crippen LogP contribution in [0.25, 0.3) is 22.2 Å². The Morgan fingerprint density at radius 3 is 2.64 bits per heavy atom. The van der Waals surface area contributed by atoms with Crippen LogP contribution in [-0.4, -0.2) is 38.4 Å².